The van der Waals surface area contributed by atoms with Gasteiger partial charge < -0.3 is 15.4 Å². The van der Waals surface area contributed by atoms with Crippen LogP contribution in [0.5, 0.6) is 0 Å². The Kier molecular flexibility index (Phi) is 8.78. The maximum atomic E-state index is 15.8. The van der Waals surface area contributed by atoms with Gasteiger partial charge in [0.15, 0.2) is 5.82 Å². The predicted octanol–water partition coefficient (Wildman–Crippen LogP) is 4.39. The summed E-state index contributed by atoms with van der Waals surface area (Å²) in [4.78, 5) is 20.2. The van der Waals surface area contributed by atoms with Gasteiger partial charge in [0.2, 0.25) is 17.2 Å². The van der Waals surface area contributed by atoms with Crippen LogP contribution in [0.4, 0.5) is 20.5 Å². The summed E-state index contributed by atoms with van der Waals surface area (Å²) < 4.78 is 58.4. The fourth-order valence-electron chi connectivity index (χ4n) is 5.00. The fraction of sp³-hybridized carbons (Fsp3) is 0.357. The second kappa shape index (κ2) is 12.5. The van der Waals surface area contributed by atoms with Gasteiger partial charge in [-0.1, -0.05) is 25.1 Å². The molecule has 10 nitrogen and oxygen atoms in total. The number of hydrogen-bond acceptors (Lipinski definition) is 8. The van der Waals surface area contributed by atoms with Crippen LogP contribution in [0.1, 0.15) is 37.6 Å². The molecule has 3 atom stereocenters. The zero-order valence-corrected chi connectivity index (χ0v) is 23.5. The Hall–Kier alpha value is -3.65. The summed E-state index contributed by atoms with van der Waals surface area (Å²) in [5.74, 6) is 0.593. The van der Waals surface area contributed by atoms with E-state index in [0.717, 1.165) is 16.5 Å². The number of benzene rings is 2. The number of anilines is 2. The molecule has 1 fully saturated rings. The van der Waals surface area contributed by atoms with Gasteiger partial charge in [0, 0.05) is 42.0 Å². The van der Waals surface area contributed by atoms with E-state index in [1.807, 2.05) is 19.1 Å². The molecule has 0 spiro atoms. The van der Waals surface area contributed by atoms with Crippen LogP contribution >= 0.6 is 0 Å². The average molecular weight is 584 g/mol. The minimum atomic E-state index is -2.26. The van der Waals surface area contributed by atoms with Crippen LogP contribution in [0.15, 0.2) is 42.7 Å². The zero-order valence-electron chi connectivity index (χ0n) is 22.7. The molecule has 3 unspecified atom stereocenters. The van der Waals surface area contributed by atoms with Crippen LogP contribution in [0.25, 0.3) is 33.4 Å². The first-order valence-corrected chi connectivity index (χ1v) is 14.4. The Balaban J connectivity index is 1.66. The number of halogens is 2. The quantitative estimate of drug-likeness (QED) is 0.245. The summed E-state index contributed by atoms with van der Waals surface area (Å²) in [5.41, 5.74) is 8.60. The molecule has 1 aliphatic rings. The molecule has 0 aliphatic carbocycles. The van der Waals surface area contributed by atoms with Crippen molar-refractivity contribution >= 4 is 33.9 Å². The molecule has 3 heterocycles. The average Bonchev–Trinajstić information content (AvgIpc) is 2.96. The SMILES string of the molecule is CCc1cc(-c2cccc(C(F)CCNS(=O)O)c2F)cc2c(N3CCOCC3C)nc(-c3cnc(N)nc3)nc12. The molecule has 1 saturated heterocycles. The van der Waals surface area contributed by atoms with Crippen LogP contribution in [0.2, 0.25) is 0 Å². The van der Waals surface area contributed by atoms with Crippen molar-refractivity contribution in [2.75, 3.05) is 36.9 Å². The fourth-order valence-corrected chi connectivity index (χ4v) is 5.29. The van der Waals surface area contributed by atoms with Gasteiger partial charge in [-0.25, -0.2) is 37.6 Å². The van der Waals surface area contributed by atoms with Crippen LogP contribution in [-0.2, 0) is 22.4 Å². The Labute approximate surface area is 238 Å². The third-order valence-electron chi connectivity index (χ3n) is 7.11. The van der Waals surface area contributed by atoms with E-state index in [1.54, 1.807) is 24.5 Å². The predicted molar refractivity (Wildman–Crippen MR) is 155 cm³/mol. The molecule has 5 rings (SSSR count). The van der Waals surface area contributed by atoms with Gasteiger partial charge in [-0.3, -0.25) is 4.55 Å². The van der Waals surface area contributed by atoms with Gasteiger partial charge in [-0.15, -0.1) is 0 Å². The molecule has 0 bridgehead atoms. The summed E-state index contributed by atoms with van der Waals surface area (Å²) >= 11 is -2.26. The van der Waals surface area contributed by atoms with E-state index >= 15 is 8.78 Å². The second-order valence-corrected chi connectivity index (χ2v) is 10.6. The third kappa shape index (κ3) is 6.17. The Morgan fingerprint density at radius 1 is 1.24 bits per heavy atom. The topological polar surface area (TPSA) is 139 Å². The highest BCUT2D eigenvalue weighted by Gasteiger charge is 2.26. The molecule has 41 heavy (non-hydrogen) atoms. The summed E-state index contributed by atoms with van der Waals surface area (Å²) in [7, 11) is 0. The molecule has 0 radical (unpaired) electrons. The highest BCUT2D eigenvalue weighted by molar-refractivity contribution is 7.77. The second-order valence-electron chi connectivity index (χ2n) is 9.81. The minimum Gasteiger partial charge on any atom is -0.377 e. The molecule has 216 valence electrons. The van der Waals surface area contributed by atoms with Crippen LogP contribution < -0.4 is 15.4 Å². The number of ether oxygens (including phenoxy) is 1. The van der Waals surface area contributed by atoms with Crippen LogP contribution in [0.3, 0.4) is 0 Å². The first-order chi connectivity index (χ1) is 19.8. The number of aromatic nitrogens is 4. The van der Waals surface area contributed by atoms with Crippen molar-refractivity contribution in [2.45, 2.75) is 38.9 Å². The first kappa shape index (κ1) is 28.9. The van der Waals surface area contributed by atoms with E-state index in [2.05, 4.69) is 26.5 Å². The molecule has 0 saturated carbocycles. The van der Waals surface area contributed by atoms with E-state index in [4.69, 9.17) is 25.0 Å². The molecular weight excluding hydrogens is 552 g/mol. The summed E-state index contributed by atoms with van der Waals surface area (Å²) in [6, 6.07) is 8.37. The first-order valence-electron chi connectivity index (χ1n) is 13.3. The minimum absolute atomic E-state index is 0.0281. The number of nitrogen functional groups attached to an aromatic ring is 1. The lowest BCUT2D eigenvalue weighted by Crippen LogP contribution is -2.44. The monoisotopic (exact) mass is 583 g/mol. The number of hydrogen-bond donors (Lipinski definition) is 3. The highest BCUT2D eigenvalue weighted by atomic mass is 32.2. The molecular formula is C28H31F2N7O3S. The number of fused-ring (bicyclic) bond motifs is 1. The normalized spacial score (nSPS) is 17.1. The maximum Gasteiger partial charge on any atom is 0.231 e. The number of nitrogens with two attached hydrogens (primary N) is 1. The van der Waals surface area contributed by atoms with E-state index in [-0.39, 0.29) is 36.1 Å². The van der Waals surface area contributed by atoms with Gasteiger partial charge in [-0.05, 0) is 43.0 Å². The zero-order chi connectivity index (χ0) is 29.1. The van der Waals surface area contributed by atoms with Gasteiger partial charge in [-0.2, -0.15) is 0 Å². The highest BCUT2D eigenvalue weighted by Crippen LogP contribution is 2.37. The maximum absolute atomic E-state index is 15.8. The number of nitrogens with one attached hydrogen (secondary N) is 1. The van der Waals surface area contributed by atoms with E-state index in [1.165, 1.54) is 6.07 Å². The number of morpholine rings is 1. The number of aryl methyl sites for hydroxylation is 1. The van der Waals surface area contributed by atoms with E-state index < -0.39 is 23.3 Å². The number of rotatable bonds is 9. The lowest BCUT2D eigenvalue weighted by molar-refractivity contribution is 0.0987. The number of alkyl halides is 1. The van der Waals surface area contributed by atoms with Crippen molar-refractivity contribution in [1.29, 1.82) is 0 Å². The van der Waals surface area contributed by atoms with Gasteiger partial charge in [0.25, 0.3) is 0 Å². The molecule has 13 heteroatoms. The molecule has 4 N–H and O–H groups in total. The lowest BCUT2D eigenvalue weighted by atomic mass is 9.95. The third-order valence-corrected chi connectivity index (χ3v) is 7.56. The van der Waals surface area contributed by atoms with Gasteiger partial charge in [0.05, 0.1) is 30.3 Å². The molecule has 2 aromatic heterocycles. The van der Waals surface area contributed by atoms with E-state index in [0.29, 0.717) is 48.9 Å². The van der Waals surface area contributed by atoms with Crippen molar-refractivity contribution in [3.05, 3.63) is 59.7 Å². The van der Waals surface area contributed by atoms with Crippen LogP contribution in [-0.4, -0.2) is 61.0 Å². The smallest absolute Gasteiger partial charge is 0.231 e. The Morgan fingerprint density at radius 3 is 2.73 bits per heavy atom. The summed E-state index contributed by atoms with van der Waals surface area (Å²) in [6.07, 6.45) is 1.95. The standard InChI is InChI=1S/C28H31F2N7O3S/c1-3-17-11-18(20-5-4-6-21(24(20)30)23(29)7-8-34-41(38)39)12-22-25(17)35-26(19-13-32-28(31)33-14-19)36-27(22)37-9-10-40-15-16(37)2/h4-6,11-14,16,23,34H,3,7-10,15H2,1-2H3,(H,38,39)(H2,31,32,33). The van der Waals surface area contributed by atoms with E-state index in [9.17, 15) is 4.21 Å². The van der Waals surface area contributed by atoms with Crippen LogP contribution in [0, 0.1) is 5.82 Å². The largest absolute Gasteiger partial charge is 0.377 e. The van der Waals surface area contributed by atoms with Crippen molar-refractivity contribution in [2.24, 2.45) is 0 Å². The van der Waals surface area contributed by atoms with Crippen molar-refractivity contribution in [1.82, 2.24) is 24.7 Å². The lowest BCUT2D eigenvalue weighted by Gasteiger charge is -2.35. The Bertz CT molecular complexity index is 1580. The van der Waals surface area contributed by atoms with Gasteiger partial charge in [0.1, 0.15) is 17.8 Å². The van der Waals surface area contributed by atoms with Crippen molar-refractivity contribution < 1.29 is 22.3 Å². The molecule has 4 aromatic rings. The van der Waals surface area contributed by atoms with Crippen molar-refractivity contribution in [3.63, 3.8) is 0 Å². The molecule has 1 aliphatic heterocycles. The summed E-state index contributed by atoms with van der Waals surface area (Å²) in [6.45, 7) is 5.63. The summed E-state index contributed by atoms with van der Waals surface area (Å²) in [5, 5.41) is 0.740. The molecule has 2 aromatic carbocycles. The number of nitrogens with zero attached hydrogens (tertiary/aromatic N) is 5. The molecule has 0 amide bonds. The Morgan fingerprint density at radius 2 is 2.02 bits per heavy atom. The van der Waals surface area contributed by atoms with Gasteiger partial charge >= 0.3 is 0 Å². The van der Waals surface area contributed by atoms with Crippen molar-refractivity contribution in [3.8, 4) is 22.5 Å².